The van der Waals surface area contributed by atoms with E-state index in [1.54, 1.807) is 12.1 Å². The smallest absolute Gasteiger partial charge is 0.238 e. The molecule has 1 amide bonds. The molecule has 7 heteroatoms. The summed E-state index contributed by atoms with van der Waals surface area (Å²) in [6.07, 6.45) is 1.06. The van der Waals surface area contributed by atoms with Crippen molar-refractivity contribution in [3.8, 4) is 11.5 Å². The first-order chi connectivity index (χ1) is 15.0. The number of carbonyl (C=O) groups is 1. The van der Waals surface area contributed by atoms with E-state index in [1.807, 2.05) is 6.07 Å². The van der Waals surface area contributed by atoms with Gasteiger partial charge >= 0.3 is 0 Å². The van der Waals surface area contributed by atoms with Gasteiger partial charge in [-0.2, -0.15) is 0 Å². The average Bonchev–Trinajstić information content (AvgIpc) is 3.28. The molecule has 0 bridgehead atoms. The first-order valence-electron chi connectivity index (χ1n) is 11.0. The molecule has 0 aliphatic carbocycles. The van der Waals surface area contributed by atoms with Crippen LogP contribution < -0.4 is 14.8 Å². The Bertz CT molecular complexity index is 908. The standard InChI is InChI=1S/C24H30ClN3O3/c1-3-27(19-9-10-28(15-19)17(2)18-7-5-4-6-8-18)16-24(29)26-21-14-23-22(13-20(21)25)30-11-12-31-23/h4-8,13-14,17,19H,3,9-12,15-16H2,1-2H3,(H,26,29). The van der Waals surface area contributed by atoms with Crippen molar-refractivity contribution in [3.05, 3.63) is 53.1 Å². The zero-order valence-electron chi connectivity index (χ0n) is 18.1. The molecule has 31 heavy (non-hydrogen) atoms. The summed E-state index contributed by atoms with van der Waals surface area (Å²) in [5.74, 6) is 1.15. The highest BCUT2D eigenvalue weighted by Gasteiger charge is 2.31. The van der Waals surface area contributed by atoms with Crippen LogP contribution in [0.4, 0.5) is 5.69 Å². The van der Waals surface area contributed by atoms with Crippen LogP contribution in [0.5, 0.6) is 11.5 Å². The first-order valence-corrected chi connectivity index (χ1v) is 11.3. The van der Waals surface area contributed by atoms with E-state index >= 15 is 0 Å². The maximum atomic E-state index is 12.8. The quantitative estimate of drug-likeness (QED) is 0.694. The normalized spacial score (nSPS) is 19.4. The van der Waals surface area contributed by atoms with Gasteiger partial charge in [-0.1, -0.05) is 48.9 Å². The molecule has 2 heterocycles. The van der Waals surface area contributed by atoms with Gasteiger partial charge in [0.15, 0.2) is 11.5 Å². The van der Waals surface area contributed by atoms with E-state index < -0.39 is 0 Å². The maximum absolute atomic E-state index is 12.8. The Morgan fingerprint density at radius 2 is 1.94 bits per heavy atom. The molecule has 0 saturated carbocycles. The Hall–Kier alpha value is -2.28. The number of likely N-dealkylation sites (N-methyl/N-ethyl adjacent to an activating group) is 1. The van der Waals surface area contributed by atoms with Crippen LogP contribution >= 0.6 is 11.6 Å². The molecule has 4 rings (SSSR count). The van der Waals surface area contributed by atoms with E-state index in [0.717, 1.165) is 26.1 Å². The van der Waals surface area contributed by atoms with Crippen molar-refractivity contribution >= 4 is 23.2 Å². The summed E-state index contributed by atoms with van der Waals surface area (Å²) in [6.45, 7) is 8.50. The number of nitrogens with one attached hydrogen (secondary N) is 1. The van der Waals surface area contributed by atoms with Gasteiger partial charge in [0.1, 0.15) is 13.2 Å². The number of benzene rings is 2. The molecule has 2 aliphatic rings. The molecule has 1 fully saturated rings. The van der Waals surface area contributed by atoms with E-state index in [-0.39, 0.29) is 5.91 Å². The summed E-state index contributed by atoms with van der Waals surface area (Å²) in [5.41, 5.74) is 1.88. The number of anilines is 1. The molecule has 1 N–H and O–H groups in total. The number of hydrogen-bond donors (Lipinski definition) is 1. The van der Waals surface area contributed by atoms with E-state index in [1.165, 1.54) is 5.56 Å². The second-order valence-electron chi connectivity index (χ2n) is 8.11. The summed E-state index contributed by atoms with van der Waals surface area (Å²) in [7, 11) is 0. The molecule has 2 aliphatic heterocycles. The average molecular weight is 444 g/mol. The van der Waals surface area contributed by atoms with E-state index in [9.17, 15) is 4.79 Å². The van der Waals surface area contributed by atoms with Crippen LogP contribution in [-0.4, -0.2) is 61.1 Å². The number of fused-ring (bicyclic) bond motifs is 1. The number of halogens is 1. The molecule has 0 aromatic heterocycles. The Kier molecular flexibility index (Phi) is 7.00. The fourth-order valence-electron chi connectivity index (χ4n) is 4.39. The molecule has 2 aromatic rings. The lowest BCUT2D eigenvalue weighted by molar-refractivity contribution is -0.117. The fourth-order valence-corrected chi connectivity index (χ4v) is 4.59. The third kappa shape index (κ3) is 5.14. The van der Waals surface area contributed by atoms with Crippen LogP contribution in [0.3, 0.4) is 0 Å². The van der Waals surface area contributed by atoms with Crippen molar-refractivity contribution in [3.63, 3.8) is 0 Å². The predicted molar refractivity (Wildman–Crippen MR) is 123 cm³/mol. The zero-order valence-corrected chi connectivity index (χ0v) is 18.9. The number of nitrogens with zero attached hydrogens (tertiary/aromatic N) is 2. The minimum Gasteiger partial charge on any atom is -0.486 e. The predicted octanol–water partition coefficient (Wildman–Crippen LogP) is 4.21. The topological polar surface area (TPSA) is 54.0 Å². The van der Waals surface area contributed by atoms with Gasteiger partial charge in [0.25, 0.3) is 0 Å². The van der Waals surface area contributed by atoms with Crippen molar-refractivity contribution in [2.24, 2.45) is 0 Å². The van der Waals surface area contributed by atoms with Crippen LogP contribution in [0.1, 0.15) is 31.9 Å². The fraction of sp³-hybridized carbons (Fsp3) is 0.458. The van der Waals surface area contributed by atoms with Crippen LogP contribution in [0.25, 0.3) is 0 Å². The lowest BCUT2D eigenvalue weighted by Gasteiger charge is -2.29. The Morgan fingerprint density at radius 3 is 2.65 bits per heavy atom. The van der Waals surface area contributed by atoms with Gasteiger partial charge in [0.05, 0.1) is 17.3 Å². The molecule has 166 valence electrons. The molecule has 2 atom stereocenters. The van der Waals surface area contributed by atoms with Gasteiger partial charge in [0, 0.05) is 37.3 Å². The van der Waals surface area contributed by atoms with Gasteiger partial charge in [-0.15, -0.1) is 0 Å². The minimum atomic E-state index is -0.0741. The third-order valence-electron chi connectivity index (χ3n) is 6.20. The number of rotatable bonds is 7. The summed E-state index contributed by atoms with van der Waals surface area (Å²) < 4.78 is 11.1. The summed E-state index contributed by atoms with van der Waals surface area (Å²) in [5, 5.41) is 3.40. The number of ether oxygens (including phenoxy) is 2. The summed E-state index contributed by atoms with van der Waals surface area (Å²) in [6, 6.07) is 14.8. The van der Waals surface area contributed by atoms with Crippen molar-refractivity contribution in [2.75, 3.05) is 44.7 Å². The van der Waals surface area contributed by atoms with Crippen molar-refractivity contribution < 1.29 is 14.3 Å². The third-order valence-corrected chi connectivity index (χ3v) is 6.51. The van der Waals surface area contributed by atoms with Gasteiger partial charge in [-0.25, -0.2) is 0 Å². The summed E-state index contributed by atoms with van der Waals surface area (Å²) in [4.78, 5) is 17.5. The minimum absolute atomic E-state index is 0.0741. The number of likely N-dealkylation sites (tertiary alicyclic amines) is 1. The molecule has 2 unspecified atom stereocenters. The first kappa shape index (κ1) is 21.9. The zero-order chi connectivity index (χ0) is 21.8. The molecular formula is C24H30ClN3O3. The van der Waals surface area contributed by atoms with Crippen LogP contribution in [0.2, 0.25) is 5.02 Å². The van der Waals surface area contributed by atoms with Gasteiger partial charge < -0.3 is 14.8 Å². The van der Waals surface area contributed by atoms with Crippen molar-refractivity contribution in [1.29, 1.82) is 0 Å². The second kappa shape index (κ2) is 9.90. The van der Waals surface area contributed by atoms with Crippen LogP contribution in [-0.2, 0) is 4.79 Å². The molecule has 0 spiro atoms. The summed E-state index contributed by atoms with van der Waals surface area (Å²) >= 11 is 6.34. The van der Waals surface area contributed by atoms with Crippen LogP contribution in [0, 0.1) is 0 Å². The SMILES string of the molecule is CCN(CC(=O)Nc1cc2c(cc1Cl)OCCO2)C1CCN(C(C)c2ccccc2)C1. The van der Waals surface area contributed by atoms with E-state index in [2.05, 4.69) is 53.2 Å². The van der Waals surface area contributed by atoms with Crippen LogP contribution in [0.15, 0.2) is 42.5 Å². The molecule has 0 radical (unpaired) electrons. The lowest BCUT2D eigenvalue weighted by Crippen LogP contribution is -2.42. The van der Waals surface area contributed by atoms with Gasteiger partial charge in [0.2, 0.25) is 5.91 Å². The number of amides is 1. The maximum Gasteiger partial charge on any atom is 0.238 e. The van der Waals surface area contributed by atoms with E-state index in [0.29, 0.717) is 54.1 Å². The monoisotopic (exact) mass is 443 g/mol. The highest BCUT2D eigenvalue weighted by Crippen LogP contribution is 2.38. The number of hydrogen-bond acceptors (Lipinski definition) is 5. The molecule has 1 saturated heterocycles. The van der Waals surface area contributed by atoms with Crippen molar-refractivity contribution in [1.82, 2.24) is 9.80 Å². The van der Waals surface area contributed by atoms with E-state index in [4.69, 9.17) is 21.1 Å². The van der Waals surface area contributed by atoms with Crippen molar-refractivity contribution in [2.45, 2.75) is 32.4 Å². The molecule has 6 nitrogen and oxygen atoms in total. The number of carbonyl (C=O) groups excluding carboxylic acids is 1. The lowest BCUT2D eigenvalue weighted by atomic mass is 10.1. The largest absolute Gasteiger partial charge is 0.486 e. The molecule has 2 aromatic carbocycles. The molecular weight excluding hydrogens is 414 g/mol. The second-order valence-corrected chi connectivity index (χ2v) is 8.52. The van der Waals surface area contributed by atoms with Gasteiger partial charge in [-0.3, -0.25) is 14.6 Å². The Labute approximate surface area is 189 Å². The Morgan fingerprint density at radius 1 is 1.23 bits per heavy atom. The Balaban J connectivity index is 1.35. The van der Waals surface area contributed by atoms with Gasteiger partial charge in [-0.05, 0) is 25.5 Å². The highest BCUT2D eigenvalue weighted by atomic mass is 35.5. The highest BCUT2D eigenvalue weighted by molar-refractivity contribution is 6.34.